The second-order valence-electron chi connectivity index (χ2n) is 5.04. The van der Waals surface area contributed by atoms with Crippen LogP contribution in [0.4, 0.5) is 0 Å². The zero-order valence-corrected chi connectivity index (χ0v) is 13.4. The van der Waals surface area contributed by atoms with Crippen molar-refractivity contribution in [2.45, 2.75) is 37.3 Å². The van der Waals surface area contributed by atoms with Gasteiger partial charge in [-0.05, 0) is 12.8 Å². The Morgan fingerprint density at radius 3 is 2.57 bits per heavy atom. The van der Waals surface area contributed by atoms with Crippen molar-refractivity contribution in [3.05, 3.63) is 0 Å². The van der Waals surface area contributed by atoms with E-state index in [0.717, 1.165) is 0 Å². The van der Waals surface area contributed by atoms with E-state index in [1.54, 1.807) is 6.92 Å². The Bertz CT molecular complexity index is 520. The van der Waals surface area contributed by atoms with E-state index in [1.165, 1.54) is 16.7 Å². The van der Waals surface area contributed by atoms with E-state index in [2.05, 4.69) is 0 Å². The topological polar surface area (TPSA) is 101 Å². The van der Waals surface area contributed by atoms with Gasteiger partial charge >= 0.3 is 5.97 Å². The molecule has 0 aliphatic carbocycles. The van der Waals surface area contributed by atoms with Gasteiger partial charge in [0.15, 0.2) is 15.9 Å². The summed E-state index contributed by atoms with van der Waals surface area (Å²) in [4.78, 5) is 24.7. The summed E-state index contributed by atoms with van der Waals surface area (Å²) in [5.41, 5.74) is 0. The van der Waals surface area contributed by atoms with Gasteiger partial charge < -0.3 is 14.7 Å². The molecule has 0 aromatic carbocycles. The predicted molar refractivity (Wildman–Crippen MR) is 77.8 cm³/mol. The summed E-state index contributed by atoms with van der Waals surface area (Å²) in [7, 11) is -3.36. The number of amides is 1. The molecule has 2 saturated heterocycles. The zero-order valence-electron chi connectivity index (χ0n) is 11.7. The molecule has 1 unspecified atom stereocenters. The highest BCUT2D eigenvalue weighted by Gasteiger charge is 2.42. The molecule has 0 bridgehead atoms. The number of nitrogens with zero attached hydrogens (tertiary/aromatic N) is 1. The first kappa shape index (κ1) is 16.6. The number of rotatable bonds is 4. The minimum Gasteiger partial charge on any atom is -0.479 e. The number of carbonyl (C=O) groups is 2. The fraction of sp³-hybridized carbons (Fsp3) is 0.833. The lowest BCUT2D eigenvalue weighted by Crippen LogP contribution is -2.53. The summed E-state index contributed by atoms with van der Waals surface area (Å²) in [5, 5.41) is 8.06. The first-order valence-corrected chi connectivity index (χ1v) is 9.72. The number of sulfone groups is 1. The molecule has 2 rings (SSSR count). The summed E-state index contributed by atoms with van der Waals surface area (Å²) in [6, 6.07) is 0. The van der Waals surface area contributed by atoms with Gasteiger partial charge in [-0.15, -0.1) is 0 Å². The Hall–Kier alpha value is -0.800. The Kier molecular flexibility index (Phi) is 5.15. The van der Waals surface area contributed by atoms with E-state index in [-0.39, 0.29) is 12.2 Å². The summed E-state index contributed by atoms with van der Waals surface area (Å²) in [6.07, 6.45) is -1.22. The first-order valence-electron chi connectivity index (χ1n) is 6.85. The molecule has 2 aliphatic heterocycles. The van der Waals surface area contributed by atoms with Crippen LogP contribution in [-0.2, 0) is 24.2 Å². The number of carboxylic acids is 1. The van der Waals surface area contributed by atoms with E-state index >= 15 is 0 Å². The largest absolute Gasteiger partial charge is 0.479 e. The Labute approximate surface area is 127 Å². The number of hydrogen-bond donors (Lipinski definition) is 1. The second kappa shape index (κ2) is 6.53. The number of carboxylic acid groups (broad SMARTS) is 1. The molecule has 0 spiro atoms. The molecule has 3 atom stereocenters. The van der Waals surface area contributed by atoms with Gasteiger partial charge in [-0.1, -0.05) is 6.92 Å². The van der Waals surface area contributed by atoms with E-state index in [4.69, 9.17) is 9.84 Å². The van der Waals surface area contributed by atoms with Crippen molar-refractivity contribution in [3.8, 4) is 0 Å². The molecule has 0 radical (unpaired) electrons. The van der Waals surface area contributed by atoms with E-state index < -0.39 is 39.3 Å². The van der Waals surface area contributed by atoms with Crippen LogP contribution < -0.4 is 0 Å². The summed E-state index contributed by atoms with van der Waals surface area (Å²) >= 11 is 1.51. The summed E-state index contributed by atoms with van der Waals surface area (Å²) in [5.74, 6) is -0.475. The van der Waals surface area contributed by atoms with Gasteiger partial charge in [-0.2, -0.15) is 11.8 Å². The molecule has 120 valence electrons. The minimum atomic E-state index is -3.36. The zero-order chi connectivity index (χ0) is 15.6. The molecule has 9 heteroatoms. The summed E-state index contributed by atoms with van der Waals surface area (Å²) < 4.78 is 29.5. The van der Waals surface area contributed by atoms with Crippen LogP contribution in [0.25, 0.3) is 0 Å². The maximum absolute atomic E-state index is 12.5. The van der Waals surface area contributed by atoms with Crippen LogP contribution in [0.1, 0.15) is 19.8 Å². The smallest absolute Gasteiger partial charge is 0.332 e. The van der Waals surface area contributed by atoms with Gasteiger partial charge in [0.25, 0.3) is 5.91 Å². The van der Waals surface area contributed by atoms with Crippen molar-refractivity contribution in [3.63, 3.8) is 0 Å². The lowest BCUT2D eigenvalue weighted by molar-refractivity contribution is -0.154. The highest BCUT2D eigenvalue weighted by molar-refractivity contribution is 8.01. The molecule has 2 heterocycles. The second-order valence-corrected chi connectivity index (χ2v) is 8.64. The molecule has 2 aliphatic rings. The first-order chi connectivity index (χ1) is 9.86. The SMILES string of the molecule is CCS(=O)(=O)C1CSCCN1C(=O)[C@@H]1CC[C@H](C(=O)O)O1. The van der Waals surface area contributed by atoms with Crippen LogP contribution in [0.5, 0.6) is 0 Å². The Balaban J connectivity index is 2.11. The van der Waals surface area contributed by atoms with Crippen molar-refractivity contribution in [2.24, 2.45) is 0 Å². The highest BCUT2D eigenvalue weighted by atomic mass is 32.2. The predicted octanol–water partition coefficient (Wildman–Crippen LogP) is -0.0452. The van der Waals surface area contributed by atoms with Crippen LogP contribution in [0, 0.1) is 0 Å². The molecule has 21 heavy (non-hydrogen) atoms. The van der Waals surface area contributed by atoms with Crippen molar-refractivity contribution in [1.82, 2.24) is 4.90 Å². The minimum absolute atomic E-state index is 0.0225. The Morgan fingerprint density at radius 2 is 2.00 bits per heavy atom. The normalized spacial score (nSPS) is 30.3. The van der Waals surface area contributed by atoms with Crippen molar-refractivity contribution >= 4 is 33.5 Å². The van der Waals surface area contributed by atoms with Crippen molar-refractivity contribution in [1.29, 1.82) is 0 Å². The highest BCUT2D eigenvalue weighted by Crippen LogP contribution is 2.27. The van der Waals surface area contributed by atoms with Gasteiger partial charge in [-0.3, -0.25) is 4.79 Å². The molecular formula is C12H19NO6S2. The fourth-order valence-electron chi connectivity index (χ4n) is 2.51. The lowest BCUT2D eigenvalue weighted by atomic mass is 10.2. The van der Waals surface area contributed by atoms with Crippen LogP contribution in [0.2, 0.25) is 0 Å². The van der Waals surface area contributed by atoms with Gasteiger partial charge in [0.1, 0.15) is 11.5 Å². The van der Waals surface area contributed by atoms with E-state index in [9.17, 15) is 18.0 Å². The molecular weight excluding hydrogens is 318 g/mol. The molecule has 7 nitrogen and oxygen atoms in total. The van der Waals surface area contributed by atoms with Gasteiger partial charge in [0, 0.05) is 23.8 Å². The maximum atomic E-state index is 12.5. The third kappa shape index (κ3) is 3.51. The molecule has 2 fully saturated rings. The van der Waals surface area contributed by atoms with Gasteiger partial charge in [0.05, 0.1) is 0 Å². The summed E-state index contributed by atoms with van der Waals surface area (Å²) in [6.45, 7) is 1.91. The van der Waals surface area contributed by atoms with Gasteiger partial charge in [-0.25, -0.2) is 13.2 Å². The number of hydrogen-bond acceptors (Lipinski definition) is 6. The van der Waals surface area contributed by atoms with Crippen molar-refractivity contribution < 1.29 is 27.9 Å². The number of thioether (sulfide) groups is 1. The fourth-order valence-corrected chi connectivity index (χ4v) is 5.48. The third-order valence-corrected chi connectivity index (χ3v) is 7.04. The standard InChI is InChI=1S/C12H19NO6S2/c1-2-21(17,18)10-7-20-6-5-13(10)11(14)8-3-4-9(19-8)12(15)16/h8-10H,2-7H2,1H3,(H,15,16)/t8-,9+,10?/m0/s1. The molecule has 0 aromatic rings. The molecule has 1 amide bonds. The lowest BCUT2D eigenvalue weighted by Gasteiger charge is -2.36. The Morgan fingerprint density at radius 1 is 1.33 bits per heavy atom. The number of carbonyl (C=O) groups excluding carboxylic acids is 1. The number of aliphatic carboxylic acids is 1. The van der Waals surface area contributed by atoms with Gasteiger partial charge in [0.2, 0.25) is 0 Å². The molecule has 0 aromatic heterocycles. The quantitative estimate of drug-likeness (QED) is 0.768. The average molecular weight is 337 g/mol. The maximum Gasteiger partial charge on any atom is 0.332 e. The average Bonchev–Trinajstić information content (AvgIpc) is 2.96. The van der Waals surface area contributed by atoms with Crippen LogP contribution >= 0.6 is 11.8 Å². The third-order valence-electron chi connectivity index (χ3n) is 3.76. The molecule has 1 N–H and O–H groups in total. The van der Waals surface area contributed by atoms with E-state index in [1.807, 2.05) is 0 Å². The monoisotopic (exact) mass is 337 g/mol. The van der Waals surface area contributed by atoms with Crippen LogP contribution in [0.15, 0.2) is 0 Å². The van der Waals surface area contributed by atoms with Crippen LogP contribution in [-0.4, -0.2) is 71.7 Å². The molecule has 0 saturated carbocycles. The number of ether oxygens (including phenoxy) is 1. The van der Waals surface area contributed by atoms with Crippen molar-refractivity contribution in [2.75, 3.05) is 23.8 Å². The van der Waals surface area contributed by atoms with Crippen LogP contribution in [0.3, 0.4) is 0 Å². The van der Waals surface area contributed by atoms with E-state index in [0.29, 0.717) is 24.5 Å².